The summed E-state index contributed by atoms with van der Waals surface area (Å²) in [6, 6.07) is 21.7. The summed E-state index contributed by atoms with van der Waals surface area (Å²) >= 11 is 0. The number of nitrogens with zero attached hydrogens (tertiary/aromatic N) is 4. The van der Waals surface area contributed by atoms with Crippen LogP contribution in [0, 0.1) is 0 Å². The first-order valence-electron chi connectivity index (χ1n) is 10.7. The third-order valence-corrected chi connectivity index (χ3v) is 6.17. The largest absolute Gasteiger partial charge is 0.314 e. The Kier molecular flexibility index (Phi) is 5.43. The molecule has 150 valence electrons. The minimum absolute atomic E-state index is 0.696. The monoisotopic (exact) mass is 387 g/mol. The lowest BCUT2D eigenvalue weighted by Gasteiger charge is -2.32. The molecule has 2 saturated heterocycles. The molecule has 1 atom stereocenters. The van der Waals surface area contributed by atoms with Crippen molar-refractivity contribution >= 4 is 0 Å². The highest BCUT2D eigenvalue weighted by atomic mass is 15.3. The van der Waals surface area contributed by atoms with Crippen LogP contribution in [-0.4, -0.2) is 64.9 Å². The second-order valence-electron chi connectivity index (χ2n) is 8.11. The van der Waals surface area contributed by atoms with Crippen LogP contribution in [0.15, 0.2) is 66.9 Å². The standard InChI is InChI=1S/C24H29N5/c1-3-7-20(8-4-1)24-21(18-29(26-24)22-9-5-2-6-10-22)17-27-14-11-23(19-27)28-15-12-25-13-16-28/h1-10,18,23,25H,11-17,19H2. The van der Waals surface area contributed by atoms with Gasteiger partial charge in [-0.15, -0.1) is 0 Å². The molecule has 5 heteroatoms. The van der Waals surface area contributed by atoms with Crippen LogP contribution < -0.4 is 5.32 Å². The number of piperazine rings is 1. The van der Waals surface area contributed by atoms with Crippen molar-refractivity contribution in [1.29, 1.82) is 0 Å². The van der Waals surface area contributed by atoms with Crippen molar-refractivity contribution in [2.24, 2.45) is 0 Å². The van der Waals surface area contributed by atoms with Gasteiger partial charge in [0.2, 0.25) is 0 Å². The predicted octanol–water partition coefficient (Wildman–Crippen LogP) is 3.02. The Balaban J connectivity index is 1.38. The molecule has 1 N–H and O–H groups in total. The molecule has 3 heterocycles. The zero-order valence-electron chi connectivity index (χ0n) is 16.9. The predicted molar refractivity (Wildman–Crippen MR) is 117 cm³/mol. The molecule has 0 amide bonds. The number of aromatic nitrogens is 2. The fourth-order valence-corrected chi connectivity index (χ4v) is 4.62. The van der Waals surface area contributed by atoms with Gasteiger partial charge in [-0.05, 0) is 18.6 Å². The molecule has 1 aromatic heterocycles. The molecule has 5 nitrogen and oxygen atoms in total. The number of para-hydroxylation sites is 1. The molecule has 0 saturated carbocycles. The third-order valence-electron chi connectivity index (χ3n) is 6.17. The van der Waals surface area contributed by atoms with Crippen molar-refractivity contribution in [2.75, 3.05) is 39.3 Å². The second-order valence-corrected chi connectivity index (χ2v) is 8.11. The average Bonchev–Trinajstić information content (AvgIpc) is 3.43. The van der Waals surface area contributed by atoms with Gasteiger partial charge >= 0.3 is 0 Å². The maximum atomic E-state index is 4.97. The van der Waals surface area contributed by atoms with Crippen LogP contribution in [0.1, 0.15) is 12.0 Å². The van der Waals surface area contributed by atoms with E-state index in [4.69, 9.17) is 5.10 Å². The van der Waals surface area contributed by atoms with E-state index in [0.29, 0.717) is 6.04 Å². The lowest BCUT2D eigenvalue weighted by atomic mass is 10.1. The lowest BCUT2D eigenvalue weighted by Crippen LogP contribution is -2.49. The number of rotatable bonds is 5. The summed E-state index contributed by atoms with van der Waals surface area (Å²) in [7, 11) is 0. The van der Waals surface area contributed by atoms with Gasteiger partial charge in [-0.3, -0.25) is 9.80 Å². The van der Waals surface area contributed by atoms with Crippen LogP contribution in [-0.2, 0) is 6.54 Å². The van der Waals surface area contributed by atoms with E-state index in [2.05, 4.69) is 75.9 Å². The molecule has 0 radical (unpaired) electrons. The number of hydrogen-bond acceptors (Lipinski definition) is 4. The average molecular weight is 388 g/mol. The zero-order valence-corrected chi connectivity index (χ0v) is 16.9. The van der Waals surface area contributed by atoms with E-state index in [1.165, 1.54) is 37.2 Å². The summed E-state index contributed by atoms with van der Waals surface area (Å²) in [5.74, 6) is 0. The van der Waals surface area contributed by atoms with Crippen LogP contribution in [0.5, 0.6) is 0 Å². The van der Waals surface area contributed by atoms with E-state index in [-0.39, 0.29) is 0 Å². The molecule has 2 aromatic carbocycles. The Morgan fingerprint density at radius 2 is 1.62 bits per heavy atom. The summed E-state index contributed by atoms with van der Waals surface area (Å²) in [5, 5.41) is 8.44. The minimum atomic E-state index is 0.696. The molecule has 1 unspecified atom stereocenters. The first kappa shape index (κ1) is 18.6. The number of likely N-dealkylation sites (tertiary alicyclic amines) is 1. The van der Waals surface area contributed by atoms with E-state index in [0.717, 1.165) is 37.6 Å². The molecule has 0 spiro atoms. The highest BCUT2D eigenvalue weighted by molar-refractivity contribution is 5.63. The Morgan fingerprint density at radius 1 is 0.897 bits per heavy atom. The van der Waals surface area contributed by atoms with Gasteiger partial charge in [-0.2, -0.15) is 5.10 Å². The van der Waals surface area contributed by atoms with E-state index < -0.39 is 0 Å². The smallest absolute Gasteiger partial charge is 0.0972 e. The fourth-order valence-electron chi connectivity index (χ4n) is 4.62. The topological polar surface area (TPSA) is 36.3 Å². The van der Waals surface area contributed by atoms with Crippen molar-refractivity contribution in [1.82, 2.24) is 24.9 Å². The molecule has 0 bridgehead atoms. The third kappa shape index (κ3) is 4.13. The molecule has 2 aliphatic heterocycles. The quantitative estimate of drug-likeness (QED) is 0.730. The minimum Gasteiger partial charge on any atom is -0.314 e. The molecule has 2 aliphatic rings. The zero-order chi connectivity index (χ0) is 19.5. The highest BCUT2D eigenvalue weighted by Crippen LogP contribution is 2.27. The number of benzene rings is 2. The van der Waals surface area contributed by atoms with Crippen molar-refractivity contribution in [3.63, 3.8) is 0 Å². The van der Waals surface area contributed by atoms with Crippen LogP contribution in [0.3, 0.4) is 0 Å². The molecule has 5 rings (SSSR count). The van der Waals surface area contributed by atoms with Gasteiger partial charge in [0.25, 0.3) is 0 Å². The SMILES string of the molecule is c1ccc(-c2nn(-c3ccccc3)cc2CN2CCC(N3CCNCC3)C2)cc1. The maximum Gasteiger partial charge on any atom is 0.0972 e. The van der Waals surface area contributed by atoms with Gasteiger partial charge in [0.05, 0.1) is 11.4 Å². The molecule has 0 aliphatic carbocycles. The Hall–Kier alpha value is -2.47. The highest BCUT2D eigenvalue weighted by Gasteiger charge is 2.29. The summed E-state index contributed by atoms with van der Waals surface area (Å²) in [4.78, 5) is 5.27. The first-order chi connectivity index (χ1) is 14.4. The van der Waals surface area contributed by atoms with Crippen LogP contribution in [0.4, 0.5) is 0 Å². The molecular weight excluding hydrogens is 358 g/mol. The van der Waals surface area contributed by atoms with E-state index >= 15 is 0 Å². The summed E-state index contributed by atoms with van der Waals surface area (Å²) in [6.45, 7) is 7.89. The normalized spacial score (nSPS) is 20.9. The lowest BCUT2D eigenvalue weighted by molar-refractivity contribution is 0.170. The Morgan fingerprint density at radius 3 is 2.38 bits per heavy atom. The van der Waals surface area contributed by atoms with Crippen molar-refractivity contribution < 1.29 is 0 Å². The Bertz CT molecular complexity index is 915. The molecule has 2 fully saturated rings. The first-order valence-corrected chi connectivity index (χ1v) is 10.7. The van der Waals surface area contributed by atoms with Gasteiger partial charge in [0, 0.05) is 69.2 Å². The summed E-state index contributed by atoms with van der Waals surface area (Å²) in [6.07, 6.45) is 3.49. The van der Waals surface area contributed by atoms with Crippen molar-refractivity contribution in [2.45, 2.75) is 19.0 Å². The summed E-state index contributed by atoms with van der Waals surface area (Å²) < 4.78 is 2.03. The van der Waals surface area contributed by atoms with Gasteiger partial charge < -0.3 is 5.32 Å². The maximum absolute atomic E-state index is 4.97. The van der Waals surface area contributed by atoms with Crippen LogP contribution in [0.2, 0.25) is 0 Å². The van der Waals surface area contributed by atoms with Gasteiger partial charge in [-0.25, -0.2) is 4.68 Å². The van der Waals surface area contributed by atoms with Crippen molar-refractivity contribution in [3.8, 4) is 16.9 Å². The molecule has 29 heavy (non-hydrogen) atoms. The van der Waals surface area contributed by atoms with Crippen LogP contribution in [0.25, 0.3) is 16.9 Å². The molecular formula is C24H29N5. The van der Waals surface area contributed by atoms with E-state index in [9.17, 15) is 0 Å². The number of hydrogen-bond donors (Lipinski definition) is 1. The van der Waals surface area contributed by atoms with E-state index in [1.54, 1.807) is 0 Å². The fraction of sp³-hybridized carbons (Fsp3) is 0.375. The van der Waals surface area contributed by atoms with Crippen molar-refractivity contribution in [3.05, 3.63) is 72.4 Å². The van der Waals surface area contributed by atoms with Gasteiger partial charge in [0.15, 0.2) is 0 Å². The van der Waals surface area contributed by atoms with Gasteiger partial charge in [0.1, 0.15) is 0 Å². The molecule has 3 aromatic rings. The number of nitrogens with one attached hydrogen (secondary N) is 1. The van der Waals surface area contributed by atoms with Crippen LogP contribution >= 0.6 is 0 Å². The van der Waals surface area contributed by atoms with Gasteiger partial charge in [-0.1, -0.05) is 48.5 Å². The Labute approximate surface area is 172 Å². The summed E-state index contributed by atoms with van der Waals surface area (Å²) in [5.41, 5.74) is 4.70. The second kappa shape index (κ2) is 8.49. The van der Waals surface area contributed by atoms with E-state index in [1.807, 2.05) is 10.7 Å².